The molecule has 0 spiro atoms. The van der Waals surface area contributed by atoms with Crippen LogP contribution >= 0.6 is 0 Å². The molecule has 3 rings (SSSR count). The lowest BCUT2D eigenvalue weighted by atomic mass is 9.87. The summed E-state index contributed by atoms with van der Waals surface area (Å²) in [4.78, 5) is 0. The van der Waals surface area contributed by atoms with Crippen LogP contribution in [0.2, 0.25) is 0 Å². The number of hydrogen-bond acceptors (Lipinski definition) is 1. The zero-order chi connectivity index (χ0) is 17.5. The number of rotatable bonds is 6. The Morgan fingerprint density at radius 1 is 0.840 bits per heavy atom. The molecule has 0 fully saturated rings. The van der Waals surface area contributed by atoms with E-state index in [1.165, 1.54) is 27.8 Å². The van der Waals surface area contributed by atoms with E-state index in [1.54, 1.807) is 0 Å². The average molecular weight is 327 g/mol. The predicted molar refractivity (Wildman–Crippen MR) is 107 cm³/mol. The van der Waals surface area contributed by atoms with Crippen LogP contribution in [0.3, 0.4) is 0 Å². The fourth-order valence-electron chi connectivity index (χ4n) is 3.20. The number of benzene rings is 3. The van der Waals surface area contributed by atoms with Crippen LogP contribution in [-0.2, 0) is 6.54 Å². The molecule has 3 aromatic rings. The van der Waals surface area contributed by atoms with E-state index in [-0.39, 0.29) is 0 Å². The first-order chi connectivity index (χ1) is 12.3. The highest BCUT2D eigenvalue weighted by Gasteiger charge is 2.12. The van der Waals surface area contributed by atoms with Gasteiger partial charge < -0.3 is 5.73 Å². The molecule has 0 aliphatic carbocycles. The number of nitrogens with two attached hydrogens (primary N) is 1. The van der Waals surface area contributed by atoms with Crippen molar-refractivity contribution in [2.24, 2.45) is 5.73 Å². The fourth-order valence-corrected chi connectivity index (χ4v) is 3.20. The first kappa shape index (κ1) is 17.2. The lowest BCUT2D eigenvalue weighted by Crippen LogP contribution is -2.03. The SMILES string of the molecule is Cc1cccc(C=CCC(c2ccccc2)c2cccc(CN)c2)c1. The molecule has 1 unspecified atom stereocenters. The first-order valence-corrected chi connectivity index (χ1v) is 8.83. The van der Waals surface area contributed by atoms with Gasteiger partial charge in [0.2, 0.25) is 0 Å². The summed E-state index contributed by atoms with van der Waals surface area (Å²) in [6.45, 7) is 2.71. The Bertz CT molecular complexity index is 833. The van der Waals surface area contributed by atoms with Gasteiger partial charge in [0.1, 0.15) is 0 Å². The molecule has 1 heteroatoms. The summed E-state index contributed by atoms with van der Waals surface area (Å²) in [7, 11) is 0. The van der Waals surface area contributed by atoms with Crippen LogP contribution in [-0.4, -0.2) is 0 Å². The third kappa shape index (κ3) is 4.68. The third-order valence-corrected chi connectivity index (χ3v) is 4.52. The van der Waals surface area contributed by atoms with Gasteiger partial charge in [-0.05, 0) is 35.6 Å². The molecule has 126 valence electrons. The molecule has 0 heterocycles. The van der Waals surface area contributed by atoms with Gasteiger partial charge in [-0.3, -0.25) is 0 Å². The van der Waals surface area contributed by atoms with E-state index < -0.39 is 0 Å². The van der Waals surface area contributed by atoms with Crippen molar-refractivity contribution in [2.45, 2.75) is 25.8 Å². The standard InChI is InChI=1S/C24H25N/c1-19-8-5-9-20(16-19)10-7-15-24(22-12-3-2-4-13-22)23-14-6-11-21(17-23)18-25/h2-14,16-17,24H,15,18,25H2,1H3. The van der Waals surface area contributed by atoms with Crippen molar-refractivity contribution >= 4 is 6.08 Å². The number of aryl methyl sites for hydroxylation is 1. The summed E-state index contributed by atoms with van der Waals surface area (Å²) in [6.07, 6.45) is 5.46. The Morgan fingerprint density at radius 2 is 1.60 bits per heavy atom. The van der Waals surface area contributed by atoms with E-state index >= 15 is 0 Å². The van der Waals surface area contributed by atoms with E-state index in [0.29, 0.717) is 12.5 Å². The summed E-state index contributed by atoms with van der Waals surface area (Å²) in [5, 5.41) is 0. The van der Waals surface area contributed by atoms with Crippen molar-refractivity contribution in [2.75, 3.05) is 0 Å². The first-order valence-electron chi connectivity index (χ1n) is 8.83. The van der Waals surface area contributed by atoms with Crippen LogP contribution in [0.1, 0.15) is 40.2 Å². The second-order valence-corrected chi connectivity index (χ2v) is 6.46. The van der Waals surface area contributed by atoms with E-state index in [0.717, 1.165) is 6.42 Å². The van der Waals surface area contributed by atoms with Crippen LogP contribution in [0.15, 0.2) is 84.9 Å². The highest BCUT2D eigenvalue weighted by molar-refractivity contribution is 5.50. The van der Waals surface area contributed by atoms with Crippen LogP contribution in [0.25, 0.3) is 6.08 Å². The highest BCUT2D eigenvalue weighted by atomic mass is 14.5. The van der Waals surface area contributed by atoms with E-state index in [1.807, 2.05) is 0 Å². The largest absolute Gasteiger partial charge is 0.326 e. The molecule has 1 nitrogen and oxygen atoms in total. The maximum Gasteiger partial charge on any atom is 0.0178 e. The number of allylic oxidation sites excluding steroid dienone is 1. The van der Waals surface area contributed by atoms with Crippen molar-refractivity contribution in [3.8, 4) is 0 Å². The molecule has 25 heavy (non-hydrogen) atoms. The van der Waals surface area contributed by atoms with Gasteiger partial charge in [0.25, 0.3) is 0 Å². The molecule has 0 aliphatic heterocycles. The minimum absolute atomic E-state index is 0.341. The summed E-state index contributed by atoms with van der Waals surface area (Å²) in [5.41, 5.74) is 12.2. The van der Waals surface area contributed by atoms with Gasteiger partial charge in [-0.25, -0.2) is 0 Å². The molecule has 0 aliphatic rings. The summed E-state index contributed by atoms with van der Waals surface area (Å²) in [6, 6.07) is 27.9. The van der Waals surface area contributed by atoms with E-state index in [4.69, 9.17) is 5.73 Å². The molecule has 3 aromatic carbocycles. The lowest BCUT2D eigenvalue weighted by Gasteiger charge is -2.17. The minimum Gasteiger partial charge on any atom is -0.326 e. The van der Waals surface area contributed by atoms with Crippen LogP contribution in [0.4, 0.5) is 0 Å². The van der Waals surface area contributed by atoms with Crippen LogP contribution in [0, 0.1) is 6.92 Å². The van der Waals surface area contributed by atoms with E-state index in [9.17, 15) is 0 Å². The molecule has 0 aromatic heterocycles. The Labute approximate surface area is 150 Å². The van der Waals surface area contributed by atoms with Crippen molar-refractivity contribution in [3.63, 3.8) is 0 Å². The molecule has 2 N–H and O–H groups in total. The Morgan fingerprint density at radius 3 is 2.36 bits per heavy atom. The second kappa shape index (κ2) is 8.46. The normalized spacial score (nSPS) is 12.4. The predicted octanol–water partition coefficient (Wildman–Crippen LogP) is 5.69. The minimum atomic E-state index is 0.341. The van der Waals surface area contributed by atoms with Crippen LogP contribution < -0.4 is 5.73 Å². The molecule has 0 saturated heterocycles. The van der Waals surface area contributed by atoms with Gasteiger partial charge >= 0.3 is 0 Å². The summed E-state index contributed by atoms with van der Waals surface area (Å²) < 4.78 is 0. The van der Waals surface area contributed by atoms with Gasteiger partial charge in [0.05, 0.1) is 0 Å². The second-order valence-electron chi connectivity index (χ2n) is 6.46. The van der Waals surface area contributed by atoms with Gasteiger partial charge in [0.15, 0.2) is 0 Å². The zero-order valence-electron chi connectivity index (χ0n) is 14.7. The van der Waals surface area contributed by atoms with Gasteiger partial charge in [0, 0.05) is 12.5 Å². The Kier molecular flexibility index (Phi) is 5.81. The van der Waals surface area contributed by atoms with Crippen molar-refractivity contribution in [1.29, 1.82) is 0 Å². The molecular formula is C24H25N. The van der Waals surface area contributed by atoms with Crippen molar-refractivity contribution in [3.05, 3.63) is 113 Å². The number of hydrogen-bond donors (Lipinski definition) is 1. The smallest absolute Gasteiger partial charge is 0.0178 e. The van der Waals surface area contributed by atoms with Gasteiger partial charge in [-0.2, -0.15) is 0 Å². The van der Waals surface area contributed by atoms with Crippen molar-refractivity contribution < 1.29 is 0 Å². The Hall–Kier alpha value is -2.64. The topological polar surface area (TPSA) is 26.0 Å². The zero-order valence-corrected chi connectivity index (χ0v) is 14.7. The van der Waals surface area contributed by atoms with E-state index in [2.05, 4.69) is 97.9 Å². The lowest BCUT2D eigenvalue weighted by molar-refractivity contribution is 0.828. The highest BCUT2D eigenvalue weighted by Crippen LogP contribution is 2.29. The van der Waals surface area contributed by atoms with Gasteiger partial charge in [-0.15, -0.1) is 0 Å². The quantitative estimate of drug-likeness (QED) is 0.618. The van der Waals surface area contributed by atoms with Crippen molar-refractivity contribution in [1.82, 2.24) is 0 Å². The van der Waals surface area contributed by atoms with Crippen LogP contribution in [0.5, 0.6) is 0 Å². The maximum atomic E-state index is 5.83. The van der Waals surface area contributed by atoms with Gasteiger partial charge in [-0.1, -0.05) is 96.6 Å². The summed E-state index contributed by atoms with van der Waals surface area (Å²) >= 11 is 0. The average Bonchev–Trinajstić information content (AvgIpc) is 2.66. The fraction of sp³-hybridized carbons (Fsp3) is 0.167. The summed E-state index contributed by atoms with van der Waals surface area (Å²) in [5.74, 6) is 0.341. The third-order valence-electron chi connectivity index (χ3n) is 4.52. The Balaban J connectivity index is 1.86. The monoisotopic (exact) mass is 327 g/mol. The maximum absolute atomic E-state index is 5.83. The molecular weight excluding hydrogens is 302 g/mol. The molecule has 0 bridgehead atoms. The molecule has 0 amide bonds. The molecule has 0 saturated carbocycles. The molecule has 0 radical (unpaired) electrons. The molecule has 1 atom stereocenters.